The molecule has 1 heterocycles. The average molecular weight is 216 g/mol. The summed E-state index contributed by atoms with van der Waals surface area (Å²) in [7, 11) is 0. The van der Waals surface area contributed by atoms with Crippen LogP contribution in [0.1, 0.15) is 31.1 Å². The Morgan fingerprint density at radius 1 is 1.50 bits per heavy atom. The Morgan fingerprint density at radius 3 is 2.81 bits per heavy atom. The van der Waals surface area contributed by atoms with Crippen LogP contribution in [0.15, 0.2) is 53.2 Å². The quantitative estimate of drug-likeness (QED) is 0.500. The first-order chi connectivity index (χ1) is 7.61. The molecular formula is C15H20O. The van der Waals surface area contributed by atoms with Gasteiger partial charge in [0.15, 0.2) is 0 Å². The standard InChI is InChI=1S/C15H20O/c1-5-12(2)7-6-8-13(3)9-15-10-14(4)11-16-15/h5,8,10-11H,1-2,6-7,9H2,3-4H3/b13-8+. The van der Waals surface area contributed by atoms with Gasteiger partial charge in [-0.05, 0) is 38.3 Å². The maximum Gasteiger partial charge on any atom is 0.108 e. The molecule has 0 fully saturated rings. The Balaban J connectivity index is 2.39. The lowest BCUT2D eigenvalue weighted by Gasteiger charge is -1.99. The van der Waals surface area contributed by atoms with Gasteiger partial charge in [-0.1, -0.05) is 36.5 Å². The normalized spacial score (nSPS) is 11.5. The number of hydrogen-bond donors (Lipinski definition) is 0. The van der Waals surface area contributed by atoms with Crippen molar-refractivity contribution in [2.75, 3.05) is 0 Å². The third-order valence-corrected chi connectivity index (χ3v) is 2.48. The van der Waals surface area contributed by atoms with Crippen molar-refractivity contribution in [2.45, 2.75) is 33.1 Å². The second-order valence-electron chi connectivity index (χ2n) is 4.22. The zero-order chi connectivity index (χ0) is 12.0. The van der Waals surface area contributed by atoms with Gasteiger partial charge >= 0.3 is 0 Å². The van der Waals surface area contributed by atoms with E-state index in [9.17, 15) is 0 Å². The van der Waals surface area contributed by atoms with E-state index in [1.807, 2.05) is 13.0 Å². The van der Waals surface area contributed by atoms with Crippen LogP contribution in [0.2, 0.25) is 0 Å². The largest absolute Gasteiger partial charge is 0.469 e. The summed E-state index contributed by atoms with van der Waals surface area (Å²) in [6.07, 6.45) is 8.76. The smallest absolute Gasteiger partial charge is 0.108 e. The monoisotopic (exact) mass is 216 g/mol. The highest BCUT2D eigenvalue weighted by molar-refractivity contribution is 5.17. The van der Waals surface area contributed by atoms with Crippen molar-refractivity contribution in [3.05, 3.63) is 60.1 Å². The van der Waals surface area contributed by atoms with Gasteiger partial charge in [0.05, 0.1) is 6.26 Å². The van der Waals surface area contributed by atoms with Crippen LogP contribution in [0.5, 0.6) is 0 Å². The SMILES string of the molecule is C=CC(=C)CC/C=C(\C)Cc1cc(C)co1. The van der Waals surface area contributed by atoms with E-state index < -0.39 is 0 Å². The fourth-order valence-corrected chi connectivity index (χ4v) is 1.54. The van der Waals surface area contributed by atoms with E-state index in [4.69, 9.17) is 4.42 Å². The van der Waals surface area contributed by atoms with Crippen molar-refractivity contribution in [2.24, 2.45) is 0 Å². The molecule has 1 nitrogen and oxygen atoms in total. The molecule has 0 bridgehead atoms. The summed E-state index contributed by atoms with van der Waals surface area (Å²) in [5.41, 5.74) is 3.62. The van der Waals surface area contributed by atoms with Gasteiger partial charge in [0.1, 0.15) is 5.76 Å². The third-order valence-electron chi connectivity index (χ3n) is 2.48. The minimum absolute atomic E-state index is 0.897. The Labute approximate surface area is 98.2 Å². The van der Waals surface area contributed by atoms with Crippen molar-refractivity contribution in [3.63, 3.8) is 0 Å². The molecule has 16 heavy (non-hydrogen) atoms. The lowest BCUT2D eigenvalue weighted by Crippen LogP contribution is -1.84. The van der Waals surface area contributed by atoms with Gasteiger partial charge < -0.3 is 4.42 Å². The van der Waals surface area contributed by atoms with Gasteiger partial charge in [-0.3, -0.25) is 0 Å². The molecule has 0 N–H and O–H groups in total. The van der Waals surface area contributed by atoms with Crippen molar-refractivity contribution in [3.8, 4) is 0 Å². The molecule has 0 spiro atoms. The number of furan rings is 1. The minimum atomic E-state index is 0.897. The molecule has 0 aliphatic carbocycles. The zero-order valence-electron chi connectivity index (χ0n) is 10.3. The number of allylic oxidation sites excluding steroid dienone is 4. The molecule has 1 aromatic rings. The van der Waals surface area contributed by atoms with E-state index in [0.29, 0.717) is 0 Å². The Hall–Kier alpha value is -1.50. The van der Waals surface area contributed by atoms with Crippen LogP contribution in [-0.2, 0) is 6.42 Å². The average Bonchev–Trinajstić information content (AvgIpc) is 2.63. The lowest BCUT2D eigenvalue weighted by molar-refractivity contribution is 0.518. The van der Waals surface area contributed by atoms with Gasteiger partial charge in [-0.25, -0.2) is 0 Å². The second kappa shape index (κ2) is 6.16. The van der Waals surface area contributed by atoms with E-state index in [0.717, 1.165) is 30.6 Å². The minimum Gasteiger partial charge on any atom is -0.469 e. The van der Waals surface area contributed by atoms with E-state index in [1.54, 1.807) is 6.26 Å². The third kappa shape index (κ3) is 4.35. The van der Waals surface area contributed by atoms with Crippen LogP contribution in [0.3, 0.4) is 0 Å². The fraction of sp³-hybridized carbons (Fsp3) is 0.333. The first-order valence-corrected chi connectivity index (χ1v) is 5.61. The van der Waals surface area contributed by atoms with Gasteiger partial charge in [0.2, 0.25) is 0 Å². The van der Waals surface area contributed by atoms with Gasteiger partial charge in [-0.2, -0.15) is 0 Å². The summed E-state index contributed by atoms with van der Waals surface area (Å²) in [5, 5.41) is 0. The first-order valence-electron chi connectivity index (χ1n) is 5.61. The van der Waals surface area contributed by atoms with Gasteiger partial charge in [0.25, 0.3) is 0 Å². The van der Waals surface area contributed by atoms with Gasteiger partial charge in [0, 0.05) is 6.42 Å². The maximum atomic E-state index is 5.41. The summed E-state index contributed by atoms with van der Waals surface area (Å²) < 4.78 is 5.41. The van der Waals surface area contributed by atoms with Crippen molar-refractivity contribution >= 4 is 0 Å². The van der Waals surface area contributed by atoms with Crippen molar-refractivity contribution < 1.29 is 4.42 Å². The molecule has 0 amide bonds. The molecule has 1 rings (SSSR count). The summed E-state index contributed by atoms with van der Waals surface area (Å²) in [4.78, 5) is 0. The zero-order valence-corrected chi connectivity index (χ0v) is 10.3. The highest BCUT2D eigenvalue weighted by atomic mass is 16.3. The Kier molecular flexibility index (Phi) is 4.84. The van der Waals surface area contributed by atoms with E-state index in [1.165, 1.54) is 11.1 Å². The van der Waals surface area contributed by atoms with E-state index >= 15 is 0 Å². The topological polar surface area (TPSA) is 13.1 Å². The molecule has 0 aromatic carbocycles. The highest BCUT2D eigenvalue weighted by Gasteiger charge is 1.99. The molecule has 0 aliphatic rings. The molecule has 0 radical (unpaired) electrons. The van der Waals surface area contributed by atoms with Crippen LogP contribution < -0.4 is 0 Å². The molecule has 1 heteroatoms. The highest BCUT2D eigenvalue weighted by Crippen LogP contribution is 2.13. The van der Waals surface area contributed by atoms with Crippen LogP contribution in [0.25, 0.3) is 0 Å². The molecule has 1 aromatic heterocycles. The number of aryl methyl sites for hydroxylation is 1. The lowest BCUT2D eigenvalue weighted by atomic mass is 10.1. The summed E-state index contributed by atoms with van der Waals surface area (Å²) in [6, 6.07) is 2.08. The number of rotatable bonds is 6. The van der Waals surface area contributed by atoms with Crippen molar-refractivity contribution in [1.29, 1.82) is 0 Å². The Bertz CT molecular complexity index is 393. The van der Waals surface area contributed by atoms with Crippen LogP contribution in [-0.4, -0.2) is 0 Å². The van der Waals surface area contributed by atoms with Crippen LogP contribution in [0, 0.1) is 6.92 Å². The summed E-state index contributed by atoms with van der Waals surface area (Å²) in [5.74, 6) is 1.04. The predicted molar refractivity (Wildman–Crippen MR) is 69.5 cm³/mol. The molecule has 0 aliphatic heterocycles. The summed E-state index contributed by atoms with van der Waals surface area (Å²) >= 11 is 0. The number of hydrogen-bond acceptors (Lipinski definition) is 1. The molecule has 86 valence electrons. The predicted octanol–water partition coefficient (Wildman–Crippen LogP) is 4.60. The van der Waals surface area contributed by atoms with Crippen LogP contribution in [0.4, 0.5) is 0 Å². The maximum absolute atomic E-state index is 5.41. The van der Waals surface area contributed by atoms with Gasteiger partial charge in [-0.15, -0.1) is 0 Å². The molecule has 0 unspecified atom stereocenters. The first kappa shape index (κ1) is 12.6. The molecule has 0 atom stereocenters. The van der Waals surface area contributed by atoms with E-state index in [-0.39, 0.29) is 0 Å². The van der Waals surface area contributed by atoms with Crippen LogP contribution >= 0.6 is 0 Å². The van der Waals surface area contributed by atoms with E-state index in [2.05, 4.69) is 32.2 Å². The molecule has 0 saturated carbocycles. The van der Waals surface area contributed by atoms with Crippen molar-refractivity contribution in [1.82, 2.24) is 0 Å². The second-order valence-corrected chi connectivity index (χ2v) is 4.22. The Morgan fingerprint density at radius 2 is 2.25 bits per heavy atom. The fourth-order valence-electron chi connectivity index (χ4n) is 1.54. The summed E-state index contributed by atoms with van der Waals surface area (Å²) in [6.45, 7) is 11.8. The molecule has 0 saturated heterocycles. The molecular weight excluding hydrogens is 196 g/mol.